The van der Waals surface area contributed by atoms with E-state index in [1.807, 2.05) is 6.92 Å². The molecule has 10 heteroatoms. The van der Waals surface area contributed by atoms with Crippen LogP contribution >= 0.6 is 11.6 Å². The van der Waals surface area contributed by atoms with Gasteiger partial charge < -0.3 is 19.5 Å². The highest BCUT2D eigenvalue weighted by atomic mass is 35.5. The Morgan fingerprint density at radius 1 is 1.13 bits per heavy atom. The second-order valence-electron chi connectivity index (χ2n) is 6.08. The van der Waals surface area contributed by atoms with Crippen molar-refractivity contribution in [2.24, 2.45) is 0 Å². The maximum atomic E-state index is 12.3. The van der Waals surface area contributed by atoms with Crippen molar-refractivity contribution in [3.05, 3.63) is 47.0 Å². The molecule has 0 bridgehead atoms. The van der Waals surface area contributed by atoms with Crippen molar-refractivity contribution in [2.45, 2.75) is 6.92 Å². The third-order valence-corrected chi connectivity index (χ3v) is 4.60. The fourth-order valence-corrected chi connectivity index (χ4v) is 3.42. The summed E-state index contributed by atoms with van der Waals surface area (Å²) in [5.74, 6) is 0.775. The molecule has 2 aromatic carbocycles. The summed E-state index contributed by atoms with van der Waals surface area (Å²) >= 11 is 6.21. The third-order valence-electron chi connectivity index (χ3n) is 3.73. The topological polar surface area (TPSA) is 103 Å². The zero-order valence-electron chi connectivity index (χ0n) is 17.0. The number of anilines is 2. The van der Waals surface area contributed by atoms with Crippen molar-refractivity contribution in [2.75, 3.05) is 37.1 Å². The minimum absolute atomic E-state index is 0.268. The molecule has 0 saturated heterocycles. The van der Waals surface area contributed by atoms with E-state index < -0.39 is 15.9 Å². The number of hydrogen-bond donors (Lipinski definition) is 2. The Labute approximate surface area is 180 Å². The molecule has 30 heavy (non-hydrogen) atoms. The Bertz CT molecular complexity index is 1050. The summed E-state index contributed by atoms with van der Waals surface area (Å²) in [4.78, 5) is 12.3. The van der Waals surface area contributed by atoms with Gasteiger partial charge in [-0.3, -0.25) is 9.52 Å². The van der Waals surface area contributed by atoms with Crippen molar-refractivity contribution >= 4 is 45.0 Å². The highest BCUT2D eigenvalue weighted by Gasteiger charge is 2.12. The van der Waals surface area contributed by atoms with Gasteiger partial charge in [0.1, 0.15) is 5.75 Å². The van der Waals surface area contributed by atoms with Crippen LogP contribution in [0.25, 0.3) is 6.08 Å². The van der Waals surface area contributed by atoms with E-state index in [4.69, 9.17) is 25.8 Å². The van der Waals surface area contributed by atoms with Crippen LogP contribution in [0.4, 0.5) is 11.4 Å². The lowest BCUT2D eigenvalue weighted by molar-refractivity contribution is -0.111. The molecule has 0 heterocycles. The molecule has 0 radical (unpaired) electrons. The molecule has 1 amide bonds. The zero-order chi connectivity index (χ0) is 22.3. The van der Waals surface area contributed by atoms with E-state index in [1.165, 1.54) is 32.4 Å². The molecular formula is C20H23ClN2O6S. The van der Waals surface area contributed by atoms with E-state index in [0.29, 0.717) is 34.4 Å². The number of carbonyl (C=O) groups is 1. The summed E-state index contributed by atoms with van der Waals surface area (Å²) in [5.41, 5.74) is 1.36. The fraction of sp³-hybridized carbons (Fsp3) is 0.250. The zero-order valence-corrected chi connectivity index (χ0v) is 18.6. The van der Waals surface area contributed by atoms with E-state index in [0.717, 1.165) is 6.26 Å². The first-order chi connectivity index (χ1) is 14.2. The van der Waals surface area contributed by atoms with Gasteiger partial charge in [-0.15, -0.1) is 0 Å². The number of halogens is 1. The lowest BCUT2D eigenvalue weighted by atomic mass is 10.2. The van der Waals surface area contributed by atoms with Gasteiger partial charge in [0, 0.05) is 17.8 Å². The summed E-state index contributed by atoms with van der Waals surface area (Å²) in [6.07, 6.45) is 3.96. The summed E-state index contributed by atoms with van der Waals surface area (Å²) in [6, 6.07) is 7.93. The van der Waals surface area contributed by atoms with Gasteiger partial charge in [-0.2, -0.15) is 0 Å². The van der Waals surface area contributed by atoms with Gasteiger partial charge in [-0.05, 0) is 42.8 Å². The van der Waals surface area contributed by atoms with E-state index in [1.54, 1.807) is 24.3 Å². The molecule has 0 aliphatic rings. The van der Waals surface area contributed by atoms with E-state index in [-0.39, 0.29) is 11.4 Å². The van der Waals surface area contributed by atoms with Gasteiger partial charge in [-0.25, -0.2) is 8.42 Å². The average Bonchev–Trinajstić information content (AvgIpc) is 2.66. The molecule has 8 nitrogen and oxygen atoms in total. The predicted octanol–water partition coefficient (Wildman–Crippen LogP) is 3.78. The van der Waals surface area contributed by atoms with E-state index in [2.05, 4.69) is 10.0 Å². The molecule has 2 aromatic rings. The third kappa shape index (κ3) is 6.57. The number of amides is 1. The monoisotopic (exact) mass is 454 g/mol. The molecule has 0 saturated carbocycles. The minimum atomic E-state index is -3.46. The van der Waals surface area contributed by atoms with Crippen LogP contribution in [-0.4, -0.2) is 41.4 Å². The van der Waals surface area contributed by atoms with Crippen LogP contribution in [0.1, 0.15) is 12.5 Å². The lowest BCUT2D eigenvalue weighted by Crippen LogP contribution is -2.11. The Morgan fingerprint density at radius 3 is 2.47 bits per heavy atom. The van der Waals surface area contributed by atoms with Gasteiger partial charge in [0.2, 0.25) is 15.9 Å². The number of rotatable bonds is 9. The quantitative estimate of drug-likeness (QED) is 0.559. The van der Waals surface area contributed by atoms with Gasteiger partial charge >= 0.3 is 0 Å². The van der Waals surface area contributed by atoms with Crippen molar-refractivity contribution in [1.82, 2.24) is 0 Å². The van der Waals surface area contributed by atoms with Gasteiger partial charge in [0.05, 0.1) is 37.8 Å². The average molecular weight is 455 g/mol. The highest BCUT2D eigenvalue weighted by molar-refractivity contribution is 7.92. The standard InChI is InChI=1S/C20H23ClN2O6S/c1-5-29-18-11-13(10-15(21)20(18)28-3)6-9-19(24)22-14-7-8-16(17(12-14)27-2)23-30(4,25)26/h6-12,23H,5H2,1-4H3,(H,22,24)/b9-6+. The predicted molar refractivity (Wildman–Crippen MR) is 118 cm³/mol. The maximum Gasteiger partial charge on any atom is 0.248 e. The number of hydrogen-bond acceptors (Lipinski definition) is 6. The van der Waals surface area contributed by atoms with Crippen molar-refractivity contribution in [3.8, 4) is 17.2 Å². The second-order valence-corrected chi connectivity index (χ2v) is 8.23. The molecule has 0 unspecified atom stereocenters. The van der Waals surface area contributed by atoms with Gasteiger partial charge in [0.15, 0.2) is 11.5 Å². The highest BCUT2D eigenvalue weighted by Crippen LogP contribution is 2.36. The molecule has 0 aromatic heterocycles. The Balaban J connectivity index is 2.16. The maximum absolute atomic E-state index is 12.3. The van der Waals surface area contributed by atoms with Gasteiger partial charge in [-0.1, -0.05) is 11.6 Å². The van der Waals surface area contributed by atoms with Crippen LogP contribution in [0.3, 0.4) is 0 Å². The van der Waals surface area contributed by atoms with Crippen molar-refractivity contribution in [1.29, 1.82) is 0 Å². The summed E-state index contributed by atoms with van der Waals surface area (Å²) in [7, 11) is -0.562. The Morgan fingerprint density at radius 2 is 1.87 bits per heavy atom. The second kappa shape index (κ2) is 10.2. The smallest absolute Gasteiger partial charge is 0.248 e. The first-order valence-corrected chi connectivity index (χ1v) is 11.1. The molecule has 0 fully saturated rings. The van der Waals surface area contributed by atoms with Crippen LogP contribution in [-0.2, 0) is 14.8 Å². The molecule has 0 spiro atoms. The molecule has 2 rings (SSSR count). The number of methoxy groups -OCH3 is 2. The van der Waals surface area contributed by atoms with E-state index in [9.17, 15) is 13.2 Å². The largest absolute Gasteiger partial charge is 0.494 e. The lowest BCUT2D eigenvalue weighted by Gasteiger charge is -2.12. The van der Waals surface area contributed by atoms with Crippen LogP contribution in [0.5, 0.6) is 17.2 Å². The minimum Gasteiger partial charge on any atom is -0.494 e. The Kier molecular flexibility index (Phi) is 7.96. The van der Waals surface area contributed by atoms with Crippen LogP contribution in [0.2, 0.25) is 5.02 Å². The van der Waals surface area contributed by atoms with Crippen LogP contribution < -0.4 is 24.2 Å². The fourth-order valence-electron chi connectivity index (χ4n) is 2.55. The first kappa shape index (κ1) is 23.4. The summed E-state index contributed by atoms with van der Waals surface area (Å²) < 4.78 is 41.1. The van der Waals surface area contributed by atoms with Crippen LogP contribution in [0, 0.1) is 0 Å². The molecule has 0 aliphatic carbocycles. The molecular weight excluding hydrogens is 432 g/mol. The summed E-state index contributed by atoms with van der Waals surface area (Å²) in [5, 5.41) is 3.05. The number of ether oxygens (including phenoxy) is 3. The SMILES string of the molecule is CCOc1cc(/C=C/C(=O)Nc2ccc(NS(C)(=O)=O)c(OC)c2)cc(Cl)c1OC. The number of sulfonamides is 1. The number of carbonyl (C=O) groups excluding carboxylic acids is 1. The molecule has 162 valence electrons. The van der Waals surface area contributed by atoms with E-state index >= 15 is 0 Å². The van der Waals surface area contributed by atoms with Crippen LogP contribution in [0.15, 0.2) is 36.4 Å². The Hall–Kier alpha value is -2.91. The van der Waals surface area contributed by atoms with Crippen molar-refractivity contribution in [3.63, 3.8) is 0 Å². The normalized spacial score (nSPS) is 11.2. The molecule has 0 atom stereocenters. The molecule has 2 N–H and O–H groups in total. The number of nitrogens with one attached hydrogen (secondary N) is 2. The number of benzene rings is 2. The van der Waals surface area contributed by atoms with Gasteiger partial charge in [0.25, 0.3) is 0 Å². The first-order valence-electron chi connectivity index (χ1n) is 8.82. The molecule has 0 aliphatic heterocycles. The summed E-state index contributed by atoms with van der Waals surface area (Å²) in [6.45, 7) is 2.28. The van der Waals surface area contributed by atoms with Crippen molar-refractivity contribution < 1.29 is 27.4 Å².